The summed E-state index contributed by atoms with van der Waals surface area (Å²) < 4.78 is 10.6. The molecule has 2 aliphatic heterocycles. The SMILES string of the molecule is COc1ccc(C(=O)NC2C[C@H]3CCC[C@@H](C2)[NH+]3CC(C)C)cc1OC. The lowest BCUT2D eigenvalue weighted by Crippen LogP contribution is -3.21. The number of hydrogen-bond donors (Lipinski definition) is 2. The number of hydrogen-bond acceptors (Lipinski definition) is 3. The van der Waals surface area contributed by atoms with Crippen molar-refractivity contribution in [2.75, 3.05) is 20.8 Å². The fourth-order valence-corrected chi connectivity index (χ4v) is 4.81. The van der Waals surface area contributed by atoms with Crippen LogP contribution >= 0.6 is 0 Å². The van der Waals surface area contributed by atoms with Crippen molar-refractivity contribution in [2.45, 2.75) is 64.1 Å². The molecule has 2 aliphatic rings. The van der Waals surface area contributed by atoms with Crippen LogP contribution < -0.4 is 19.7 Å². The van der Waals surface area contributed by atoms with E-state index in [4.69, 9.17) is 9.47 Å². The van der Waals surface area contributed by atoms with Crippen LogP contribution in [0.5, 0.6) is 11.5 Å². The van der Waals surface area contributed by atoms with E-state index in [-0.39, 0.29) is 11.9 Å². The van der Waals surface area contributed by atoms with Gasteiger partial charge in [0, 0.05) is 30.4 Å². The lowest BCUT2D eigenvalue weighted by molar-refractivity contribution is -0.963. The minimum atomic E-state index is -0.0127. The van der Waals surface area contributed by atoms with Crippen molar-refractivity contribution in [3.05, 3.63) is 23.8 Å². The number of benzene rings is 1. The molecule has 1 amide bonds. The zero-order valence-electron chi connectivity index (χ0n) is 16.5. The predicted octanol–water partition coefficient (Wildman–Crippen LogP) is 2.06. The third kappa shape index (κ3) is 4.14. The zero-order chi connectivity index (χ0) is 18.7. The Morgan fingerprint density at radius 1 is 1.15 bits per heavy atom. The van der Waals surface area contributed by atoms with E-state index in [2.05, 4.69) is 19.2 Å². The molecule has 2 fully saturated rings. The van der Waals surface area contributed by atoms with Crippen LogP contribution in [0.2, 0.25) is 0 Å². The number of amides is 1. The van der Waals surface area contributed by atoms with E-state index >= 15 is 0 Å². The maximum atomic E-state index is 12.7. The summed E-state index contributed by atoms with van der Waals surface area (Å²) >= 11 is 0. The number of quaternary nitrogens is 1. The van der Waals surface area contributed by atoms with E-state index in [9.17, 15) is 4.79 Å². The van der Waals surface area contributed by atoms with Gasteiger partial charge in [0.05, 0.1) is 32.8 Å². The second-order valence-corrected chi connectivity index (χ2v) is 8.21. The molecule has 2 saturated heterocycles. The fourth-order valence-electron chi connectivity index (χ4n) is 4.81. The molecule has 4 atom stereocenters. The van der Waals surface area contributed by atoms with Gasteiger partial charge in [-0.15, -0.1) is 0 Å². The number of rotatable bonds is 6. The first-order chi connectivity index (χ1) is 12.5. The molecule has 26 heavy (non-hydrogen) atoms. The molecule has 3 rings (SSSR count). The van der Waals surface area contributed by atoms with Crippen molar-refractivity contribution in [2.24, 2.45) is 5.92 Å². The van der Waals surface area contributed by atoms with E-state index in [0.717, 1.165) is 18.8 Å². The van der Waals surface area contributed by atoms with Crippen LogP contribution in [-0.4, -0.2) is 44.8 Å². The molecule has 0 aliphatic carbocycles. The van der Waals surface area contributed by atoms with Crippen LogP contribution in [0.4, 0.5) is 0 Å². The minimum Gasteiger partial charge on any atom is -0.493 e. The monoisotopic (exact) mass is 361 g/mol. The molecule has 2 heterocycles. The topological polar surface area (TPSA) is 52.0 Å². The van der Waals surface area contributed by atoms with Crippen LogP contribution in [-0.2, 0) is 0 Å². The fraction of sp³-hybridized carbons (Fsp3) is 0.667. The molecule has 1 aromatic rings. The Kier molecular flexibility index (Phi) is 6.07. The lowest BCUT2D eigenvalue weighted by atomic mass is 9.81. The summed E-state index contributed by atoms with van der Waals surface area (Å²) in [6.45, 7) is 5.88. The first kappa shape index (κ1) is 19.0. The molecular weight excluding hydrogens is 328 g/mol. The normalized spacial score (nSPS) is 27.9. The Morgan fingerprint density at radius 3 is 2.38 bits per heavy atom. The number of nitrogens with one attached hydrogen (secondary N) is 2. The molecule has 0 saturated carbocycles. The maximum Gasteiger partial charge on any atom is 0.251 e. The molecule has 0 aromatic heterocycles. The van der Waals surface area contributed by atoms with E-state index in [1.54, 1.807) is 37.3 Å². The van der Waals surface area contributed by atoms with Crippen molar-refractivity contribution in [3.63, 3.8) is 0 Å². The molecule has 5 heteroatoms. The Bertz CT molecular complexity index is 618. The van der Waals surface area contributed by atoms with Crippen LogP contribution in [0.15, 0.2) is 18.2 Å². The smallest absolute Gasteiger partial charge is 0.251 e. The van der Waals surface area contributed by atoms with Gasteiger partial charge in [-0.05, 0) is 37.5 Å². The van der Waals surface area contributed by atoms with Gasteiger partial charge < -0.3 is 19.7 Å². The Hall–Kier alpha value is -1.75. The highest BCUT2D eigenvalue weighted by atomic mass is 16.5. The average molecular weight is 362 g/mol. The highest BCUT2D eigenvalue weighted by Gasteiger charge is 2.42. The maximum absolute atomic E-state index is 12.7. The molecule has 5 nitrogen and oxygen atoms in total. The summed E-state index contributed by atoms with van der Waals surface area (Å²) in [6, 6.07) is 7.02. The van der Waals surface area contributed by atoms with E-state index in [1.165, 1.54) is 25.8 Å². The van der Waals surface area contributed by atoms with E-state index in [0.29, 0.717) is 29.1 Å². The van der Waals surface area contributed by atoms with Crippen LogP contribution in [0.3, 0.4) is 0 Å². The van der Waals surface area contributed by atoms with Crippen LogP contribution in [0, 0.1) is 5.92 Å². The van der Waals surface area contributed by atoms with E-state index < -0.39 is 0 Å². The summed E-state index contributed by atoms with van der Waals surface area (Å²) in [5.41, 5.74) is 0.629. The minimum absolute atomic E-state index is 0.0127. The summed E-state index contributed by atoms with van der Waals surface area (Å²) in [7, 11) is 3.19. The van der Waals surface area contributed by atoms with Crippen molar-refractivity contribution in [3.8, 4) is 11.5 Å². The van der Waals surface area contributed by atoms with Gasteiger partial charge in [0.15, 0.2) is 11.5 Å². The highest BCUT2D eigenvalue weighted by Crippen LogP contribution is 2.28. The van der Waals surface area contributed by atoms with Gasteiger partial charge in [-0.3, -0.25) is 4.79 Å². The van der Waals surface area contributed by atoms with Gasteiger partial charge in [0.2, 0.25) is 0 Å². The Morgan fingerprint density at radius 2 is 1.81 bits per heavy atom. The highest BCUT2D eigenvalue weighted by molar-refractivity contribution is 5.95. The number of carbonyl (C=O) groups is 1. The van der Waals surface area contributed by atoms with Crippen LogP contribution in [0.25, 0.3) is 0 Å². The van der Waals surface area contributed by atoms with Crippen molar-refractivity contribution in [1.29, 1.82) is 0 Å². The summed E-state index contributed by atoms with van der Waals surface area (Å²) in [5, 5.41) is 3.28. The quantitative estimate of drug-likeness (QED) is 0.815. The number of piperidine rings is 2. The number of carbonyl (C=O) groups excluding carboxylic acids is 1. The molecule has 2 N–H and O–H groups in total. The summed E-state index contributed by atoms with van der Waals surface area (Å²) in [4.78, 5) is 14.5. The first-order valence-corrected chi connectivity index (χ1v) is 9.90. The molecule has 0 radical (unpaired) electrons. The predicted molar refractivity (Wildman–Crippen MR) is 102 cm³/mol. The van der Waals surface area contributed by atoms with Crippen molar-refractivity contribution >= 4 is 5.91 Å². The third-order valence-electron chi connectivity index (χ3n) is 5.92. The molecule has 144 valence electrons. The molecular formula is C21H33N2O3+. The van der Waals surface area contributed by atoms with Gasteiger partial charge in [0.1, 0.15) is 0 Å². The van der Waals surface area contributed by atoms with Crippen molar-refractivity contribution < 1.29 is 19.2 Å². The average Bonchev–Trinajstić information content (AvgIpc) is 2.61. The van der Waals surface area contributed by atoms with Crippen molar-refractivity contribution in [1.82, 2.24) is 5.32 Å². The molecule has 0 spiro atoms. The lowest BCUT2D eigenvalue weighted by Gasteiger charge is -2.46. The Labute approximate surface area is 157 Å². The van der Waals surface area contributed by atoms with E-state index in [1.807, 2.05) is 0 Å². The second-order valence-electron chi connectivity index (χ2n) is 8.21. The largest absolute Gasteiger partial charge is 0.493 e. The first-order valence-electron chi connectivity index (χ1n) is 9.90. The number of ether oxygens (including phenoxy) is 2. The molecule has 2 unspecified atom stereocenters. The van der Waals surface area contributed by atoms with Crippen LogP contribution in [0.1, 0.15) is 56.3 Å². The third-order valence-corrected chi connectivity index (χ3v) is 5.92. The Balaban J connectivity index is 1.65. The molecule has 1 aromatic carbocycles. The molecule has 2 bridgehead atoms. The van der Waals surface area contributed by atoms with Gasteiger partial charge >= 0.3 is 0 Å². The number of methoxy groups -OCH3 is 2. The van der Waals surface area contributed by atoms with Gasteiger partial charge in [-0.1, -0.05) is 13.8 Å². The summed E-state index contributed by atoms with van der Waals surface area (Å²) in [6.07, 6.45) is 6.12. The standard InChI is InChI=1S/C21H32N2O3/c1-14(2)13-23-17-6-5-7-18(23)12-16(11-17)22-21(24)15-8-9-19(25-3)20(10-15)26-4/h8-10,14,16-18H,5-7,11-13H2,1-4H3,(H,22,24)/p+1/t16?,17-,18+. The van der Waals surface area contributed by atoms with Gasteiger partial charge in [-0.2, -0.15) is 0 Å². The second kappa shape index (κ2) is 8.30. The van der Waals surface area contributed by atoms with Gasteiger partial charge in [-0.25, -0.2) is 0 Å². The number of fused-ring (bicyclic) bond motifs is 2. The van der Waals surface area contributed by atoms with Gasteiger partial charge in [0.25, 0.3) is 5.91 Å². The summed E-state index contributed by atoms with van der Waals surface area (Å²) in [5.74, 6) is 1.95. The zero-order valence-corrected chi connectivity index (χ0v) is 16.5.